The highest BCUT2D eigenvalue weighted by atomic mass is 32.2. The summed E-state index contributed by atoms with van der Waals surface area (Å²) in [6.07, 6.45) is 0.0841. The molecule has 0 spiro atoms. The molecule has 0 bridgehead atoms. The van der Waals surface area contributed by atoms with Crippen molar-refractivity contribution in [1.82, 2.24) is 25.2 Å². The second kappa shape index (κ2) is 9.24. The molecule has 3 rings (SSSR count). The number of nitrogens with one attached hydrogen (secondary N) is 1. The van der Waals surface area contributed by atoms with Gasteiger partial charge in [-0.05, 0) is 29.5 Å². The highest BCUT2D eigenvalue weighted by Gasteiger charge is 2.13. The summed E-state index contributed by atoms with van der Waals surface area (Å²) < 4.78 is 6.45. The molecule has 1 amide bonds. The van der Waals surface area contributed by atoms with Gasteiger partial charge in [0, 0.05) is 5.38 Å². The molecule has 140 valence electrons. The fourth-order valence-corrected chi connectivity index (χ4v) is 3.51. The average molecular weight is 404 g/mol. The number of hydrogen-bond acceptors (Lipinski definition) is 9. The quantitative estimate of drug-likeness (QED) is 0.448. The molecule has 0 radical (unpaired) electrons. The normalized spacial score (nSPS) is 10.6. The van der Waals surface area contributed by atoms with Crippen LogP contribution in [0, 0.1) is 0 Å². The zero-order valence-electron chi connectivity index (χ0n) is 14.4. The Morgan fingerprint density at radius 1 is 1.30 bits per heavy atom. The van der Waals surface area contributed by atoms with Gasteiger partial charge in [-0.2, -0.15) is 4.68 Å². The molecule has 0 aliphatic carbocycles. The van der Waals surface area contributed by atoms with Crippen molar-refractivity contribution in [2.75, 3.05) is 17.7 Å². The minimum Gasteiger partial charge on any atom is -0.466 e. The maximum absolute atomic E-state index is 12.2. The standard InChI is InChI=1S/C16H16N6O3S2/c1-2-25-14(24)8-11-9-26-15(17-11)18-13(23)10-27-16-19-20-21-22(16)12-6-4-3-5-7-12/h3-7,9H,2,8,10H2,1H3,(H,17,18,23). The van der Waals surface area contributed by atoms with Gasteiger partial charge < -0.3 is 10.1 Å². The first-order valence-electron chi connectivity index (χ1n) is 8.02. The maximum Gasteiger partial charge on any atom is 0.311 e. The number of thioether (sulfide) groups is 1. The Morgan fingerprint density at radius 3 is 2.89 bits per heavy atom. The van der Waals surface area contributed by atoms with Gasteiger partial charge in [-0.25, -0.2) is 4.98 Å². The molecule has 0 aliphatic heterocycles. The Labute approximate surface area is 163 Å². The number of nitrogens with zero attached hydrogens (tertiary/aromatic N) is 5. The van der Waals surface area contributed by atoms with Crippen LogP contribution in [-0.2, 0) is 20.7 Å². The van der Waals surface area contributed by atoms with Crippen molar-refractivity contribution in [3.05, 3.63) is 41.4 Å². The van der Waals surface area contributed by atoms with Crippen molar-refractivity contribution >= 4 is 40.1 Å². The number of carbonyl (C=O) groups is 2. The summed E-state index contributed by atoms with van der Waals surface area (Å²) in [5.41, 5.74) is 1.38. The predicted octanol–water partition coefficient (Wildman–Crippen LogP) is 1.96. The van der Waals surface area contributed by atoms with E-state index in [0.29, 0.717) is 22.6 Å². The molecule has 1 aromatic carbocycles. The Bertz CT molecular complexity index is 912. The van der Waals surface area contributed by atoms with Crippen LogP contribution in [0.25, 0.3) is 5.69 Å². The van der Waals surface area contributed by atoms with Crippen LogP contribution < -0.4 is 5.32 Å². The third kappa shape index (κ3) is 5.34. The van der Waals surface area contributed by atoms with Gasteiger partial charge in [0.05, 0.1) is 30.2 Å². The summed E-state index contributed by atoms with van der Waals surface area (Å²) >= 11 is 2.47. The van der Waals surface area contributed by atoms with Gasteiger partial charge in [0.2, 0.25) is 11.1 Å². The molecule has 11 heteroatoms. The van der Waals surface area contributed by atoms with Crippen LogP contribution in [0.1, 0.15) is 12.6 Å². The van der Waals surface area contributed by atoms with Gasteiger partial charge in [0.15, 0.2) is 5.13 Å². The van der Waals surface area contributed by atoms with E-state index < -0.39 is 0 Å². The minimum atomic E-state index is -0.344. The van der Waals surface area contributed by atoms with Crippen LogP contribution in [0.15, 0.2) is 40.9 Å². The van der Waals surface area contributed by atoms with E-state index >= 15 is 0 Å². The Hall–Kier alpha value is -2.79. The molecule has 9 nitrogen and oxygen atoms in total. The van der Waals surface area contributed by atoms with Gasteiger partial charge >= 0.3 is 5.97 Å². The zero-order valence-corrected chi connectivity index (χ0v) is 16.0. The van der Waals surface area contributed by atoms with E-state index in [1.54, 1.807) is 17.0 Å². The molecule has 0 atom stereocenters. The number of ether oxygens (including phenoxy) is 1. The number of para-hydroxylation sites is 1. The van der Waals surface area contributed by atoms with Gasteiger partial charge in [-0.3, -0.25) is 9.59 Å². The lowest BCUT2D eigenvalue weighted by Gasteiger charge is -2.04. The van der Waals surface area contributed by atoms with Crippen LogP contribution >= 0.6 is 23.1 Å². The first kappa shape index (κ1) is 19.0. The summed E-state index contributed by atoms with van der Waals surface area (Å²) in [4.78, 5) is 27.8. The number of aromatic nitrogens is 5. The van der Waals surface area contributed by atoms with Crippen LogP contribution in [0.4, 0.5) is 5.13 Å². The zero-order chi connectivity index (χ0) is 19.1. The molecule has 3 aromatic rings. The smallest absolute Gasteiger partial charge is 0.311 e. The van der Waals surface area contributed by atoms with Crippen molar-refractivity contribution in [2.45, 2.75) is 18.5 Å². The van der Waals surface area contributed by atoms with Crippen molar-refractivity contribution in [3.8, 4) is 5.69 Å². The first-order valence-corrected chi connectivity index (χ1v) is 9.88. The van der Waals surface area contributed by atoms with E-state index in [9.17, 15) is 9.59 Å². The lowest BCUT2D eigenvalue weighted by atomic mass is 10.3. The summed E-state index contributed by atoms with van der Waals surface area (Å²) in [5, 5.41) is 16.9. The van der Waals surface area contributed by atoms with Crippen LogP contribution in [0.3, 0.4) is 0 Å². The second-order valence-corrected chi connectivity index (χ2v) is 6.97. The van der Waals surface area contributed by atoms with E-state index in [4.69, 9.17) is 4.74 Å². The molecule has 2 aromatic heterocycles. The number of benzene rings is 1. The van der Waals surface area contributed by atoms with Crippen LogP contribution in [0.5, 0.6) is 0 Å². The Kier molecular flexibility index (Phi) is 6.49. The summed E-state index contributed by atoms with van der Waals surface area (Å²) in [7, 11) is 0. The van der Waals surface area contributed by atoms with E-state index in [-0.39, 0.29) is 24.1 Å². The highest BCUT2D eigenvalue weighted by molar-refractivity contribution is 7.99. The molecule has 2 heterocycles. The number of tetrazole rings is 1. The van der Waals surface area contributed by atoms with E-state index in [1.165, 1.54) is 23.1 Å². The van der Waals surface area contributed by atoms with Gasteiger partial charge in [-0.15, -0.1) is 16.4 Å². The Balaban J connectivity index is 1.53. The number of anilines is 1. The third-order valence-electron chi connectivity index (χ3n) is 3.20. The lowest BCUT2D eigenvalue weighted by molar-refractivity contribution is -0.142. The van der Waals surface area contributed by atoms with Crippen molar-refractivity contribution in [1.29, 1.82) is 0 Å². The Morgan fingerprint density at radius 2 is 2.11 bits per heavy atom. The highest BCUT2D eigenvalue weighted by Crippen LogP contribution is 2.20. The molecular weight excluding hydrogens is 388 g/mol. The SMILES string of the molecule is CCOC(=O)Cc1csc(NC(=O)CSc2nnnn2-c2ccccc2)n1. The number of amides is 1. The van der Waals surface area contributed by atoms with E-state index in [2.05, 4.69) is 25.8 Å². The predicted molar refractivity (Wildman–Crippen MR) is 101 cm³/mol. The average Bonchev–Trinajstić information content (AvgIpc) is 3.30. The third-order valence-corrected chi connectivity index (χ3v) is 4.93. The summed E-state index contributed by atoms with van der Waals surface area (Å²) in [5.74, 6) is -0.455. The molecule has 27 heavy (non-hydrogen) atoms. The number of rotatable bonds is 8. The fourth-order valence-electron chi connectivity index (χ4n) is 2.09. The number of thiazole rings is 1. The maximum atomic E-state index is 12.2. The van der Waals surface area contributed by atoms with Gasteiger partial charge in [0.1, 0.15) is 0 Å². The van der Waals surface area contributed by atoms with Gasteiger partial charge in [0.25, 0.3) is 0 Å². The number of carbonyl (C=O) groups excluding carboxylic acids is 2. The second-order valence-electron chi connectivity index (χ2n) is 5.17. The fraction of sp³-hybridized carbons (Fsp3) is 0.250. The van der Waals surface area contributed by atoms with Crippen LogP contribution in [-0.4, -0.2) is 49.4 Å². The monoisotopic (exact) mass is 404 g/mol. The van der Waals surface area contributed by atoms with Crippen molar-refractivity contribution in [3.63, 3.8) is 0 Å². The molecule has 1 N–H and O–H groups in total. The number of esters is 1. The molecule has 0 saturated carbocycles. The molecule has 0 fully saturated rings. The van der Waals surface area contributed by atoms with Crippen LogP contribution in [0.2, 0.25) is 0 Å². The van der Waals surface area contributed by atoms with Gasteiger partial charge in [-0.1, -0.05) is 30.0 Å². The first-order chi connectivity index (χ1) is 13.2. The lowest BCUT2D eigenvalue weighted by Crippen LogP contribution is -2.15. The summed E-state index contributed by atoms with van der Waals surface area (Å²) in [6.45, 7) is 2.07. The largest absolute Gasteiger partial charge is 0.466 e. The number of hydrogen-bond donors (Lipinski definition) is 1. The molecule has 0 aliphatic rings. The van der Waals surface area contributed by atoms with E-state index in [0.717, 1.165) is 5.69 Å². The molecule has 0 unspecified atom stereocenters. The molecular formula is C16H16N6O3S2. The topological polar surface area (TPSA) is 112 Å². The van der Waals surface area contributed by atoms with Crippen molar-refractivity contribution in [2.24, 2.45) is 0 Å². The minimum absolute atomic E-state index is 0.0841. The van der Waals surface area contributed by atoms with E-state index in [1.807, 2.05) is 30.3 Å². The molecule has 0 saturated heterocycles. The van der Waals surface area contributed by atoms with Crippen molar-refractivity contribution < 1.29 is 14.3 Å². The summed E-state index contributed by atoms with van der Waals surface area (Å²) in [6, 6.07) is 9.42.